The third kappa shape index (κ3) is 2.24. The van der Waals surface area contributed by atoms with Gasteiger partial charge < -0.3 is 5.11 Å². The Morgan fingerprint density at radius 3 is 2.29 bits per heavy atom. The standard InChI is InChI=1S/C8H5BrF4O/c9-7-4(3-14)1-5(10)2-6(7)8(11,12)13/h1-2,14H,3H2. The smallest absolute Gasteiger partial charge is 0.392 e. The van der Waals surface area contributed by atoms with Crippen molar-refractivity contribution in [3.63, 3.8) is 0 Å². The van der Waals surface area contributed by atoms with Crippen molar-refractivity contribution in [2.24, 2.45) is 0 Å². The van der Waals surface area contributed by atoms with Gasteiger partial charge >= 0.3 is 6.18 Å². The van der Waals surface area contributed by atoms with Crippen LogP contribution in [0.2, 0.25) is 0 Å². The van der Waals surface area contributed by atoms with Crippen molar-refractivity contribution in [2.45, 2.75) is 12.8 Å². The molecule has 0 bridgehead atoms. The lowest BCUT2D eigenvalue weighted by atomic mass is 10.1. The lowest BCUT2D eigenvalue weighted by molar-refractivity contribution is -0.138. The summed E-state index contributed by atoms with van der Waals surface area (Å²) >= 11 is 2.66. The minimum Gasteiger partial charge on any atom is -0.392 e. The molecular weight excluding hydrogens is 268 g/mol. The molecule has 6 heteroatoms. The summed E-state index contributed by atoms with van der Waals surface area (Å²) in [5.74, 6) is -1.02. The summed E-state index contributed by atoms with van der Waals surface area (Å²) < 4.78 is 49.2. The number of aliphatic hydroxyl groups excluding tert-OH is 1. The molecule has 0 aliphatic rings. The van der Waals surface area contributed by atoms with E-state index >= 15 is 0 Å². The molecule has 0 amide bonds. The van der Waals surface area contributed by atoms with Crippen LogP contribution in [0.3, 0.4) is 0 Å². The summed E-state index contributed by atoms with van der Waals surface area (Å²) in [6, 6.07) is 1.22. The molecule has 0 radical (unpaired) electrons. The number of halogens is 5. The van der Waals surface area contributed by atoms with Gasteiger partial charge in [-0.05, 0) is 33.6 Å². The normalized spacial score (nSPS) is 11.9. The van der Waals surface area contributed by atoms with Crippen LogP contribution in [0.4, 0.5) is 17.6 Å². The van der Waals surface area contributed by atoms with Crippen LogP contribution in [0.25, 0.3) is 0 Å². The Balaban J connectivity index is 3.37. The Morgan fingerprint density at radius 1 is 1.29 bits per heavy atom. The van der Waals surface area contributed by atoms with E-state index in [1.807, 2.05) is 0 Å². The Labute approximate surface area is 85.5 Å². The average Bonchev–Trinajstić information content (AvgIpc) is 2.06. The monoisotopic (exact) mass is 272 g/mol. The van der Waals surface area contributed by atoms with Gasteiger partial charge in [0.1, 0.15) is 5.82 Å². The zero-order chi connectivity index (χ0) is 10.9. The highest BCUT2D eigenvalue weighted by molar-refractivity contribution is 9.10. The molecule has 1 N–H and O–H groups in total. The predicted octanol–water partition coefficient (Wildman–Crippen LogP) is 3.10. The van der Waals surface area contributed by atoms with Crippen LogP contribution in [0.5, 0.6) is 0 Å². The fraction of sp³-hybridized carbons (Fsp3) is 0.250. The highest BCUT2D eigenvalue weighted by Gasteiger charge is 2.34. The van der Waals surface area contributed by atoms with Gasteiger partial charge in [-0.1, -0.05) is 0 Å². The van der Waals surface area contributed by atoms with Crippen molar-refractivity contribution in [1.29, 1.82) is 0 Å². The number of alkyl halides is 3. The van der Waals surface area contributed by atoms with Gasteiger partial charge in [-0.2, -0.15) is 13.2 Å². The minimum atomic E-state index is -4.63. The zero-order valence-electron chi connectivity index (χ0n) is 6.70. The van der Waals surface area contributed by atoms with Crippen molar-refractivity contribution in [2.75, 3.05) is 0 Å². The van der Waals surface area contributed by atoms with Crippen molar-refractivity contribution in [3.8, 4) is 0 Å². The number of aliphatic hydroxyl groups is 1. The SMILES string of the molecule is OCc1cc(F)cc(C(F)(F)F)c1Br. The predicted molar refractivity (Wildman–Crippen MR) is 45.0 cm³/mol. The van der Waals surface area contributed by atoms with Crippen molar-refractivity contribution >= 4 is 15.9 Å². The molecule has 0 saturated carbocycles. The molecule has 0 heterocycles. The molecule has 0 spiro atoms. The fourth-order valence-electron chi connectivity index (χ4n) is 0.967. The largest absolute Gasteiger partial charge is 0.417 e. The van der Waals surface area contributed by atoms with E-state index < -0.39 is 24.2 Å². The quantitative estimate of drug-likeness (QED) is 0.779. The summed E-state index contributed by atoms with van der Waals surface area (Å²) in [4.78, 5) is 0. The maximum absolute atomic E-state index is 12.7. The Kier molecular flexibility index (Phi) is 3.16. The van der Waals surface area contributed by atoms with E-state index in [0.717, 1.165) is 6.07 Å². The van der Waals surface area contributed by atoms with E-state index in [2.05, 4.69) is 15.9 Å². The van der Waals surface area contributed by atoms with Gasteiger partial charge in [0.05, 0.1) is 12.2 Å². The number of rotatable bonds is 1. The number of benzene rings is 1. The lowest BCUT2D eigenvalue weighted by Crippen LogP contribution is -2.08. The van der Waals surface area contributed by atoms with Crippen LogP contribution in [0.15, 0.2) is 16.6 Å². The first-order chi connectivity index (χ1) is 6.36. The Morgan fingerprint density at radius 2 is 1.86 bits per heavy atom. The van der Waals surface area contributed by atoms with Crippen LogP contribution in [-0.2, 0) is 12.8 Å². The topological polar surface area (TPSA) is 20.2 Å². The molecule has 0 aliphatic carbocycles. The van der Waals surface area contributed by atoms with Crippen LogP contribution in [0.1, 0.15) is 11.1 Å². The Hall–Kier alpha value is -0.620. The zero-order valence-corrected chi connectivity index (χ0v) is 8.28. The summed E-state index contributed by atoms with van der Waals surface area (Å²) in [6.07, 6.45) is -4.63. The fourth-order valence-corrected chi connectivity index (χ4v) is 1.55. The third-order valence-corrected chi connectivity index (χ3v) is 2.52. The summed E-state index contributed by atoms with van der Waals surface area (Å²) in [6.45, 7) is -0.651. The first-order valence-electron chi connectivity index (χ1n) is 3.52. The third-order valence-electron chi connectivity index (χ3n) is 1.59. The molecule has 0 unspecified atom stereocenters. The molecule has 1 nitrogen and oxygen atoms in total. The minimum absolute atomic E-state index is 0.127. The van der Waals surface area contributed by atoms with Gasteiger partial charge in [0.25, 0.3) is 0 Å². The van der Waals surface area contributed by atoms with Crippen molar-refractivity contribution < 1.29 is 22.7 Å². The first kappa shape index (κ1) is 11.5. The second-order valence-corrected chi connectivity index (χ2v) is 3.38. The van der Waals surface area contributed by atoms with Gasteiger partial charge in [0.15, 0.2) is 0 Å². The molecule has 0 aromatic heterocycles. The maximum Gasteiger partial charge on any atom is 0.417 e. The van der Waals surface area contributed by atoms with E-state index in [1.54, 1.807) is 0 Å². The molecule has 1 aromatic rings. The number of hydrogen-bond donors (Lipinski definition) is 1. The summed E-state index contributed by atoms with van der Waals surface area (Å²) in [7, 11) is 0. The molecule has 1 aromatic carbocycles. The lowest BCUT2D eigenvalue weighted by Gasteiger charge is -2.11. The first-order valence-corrected chi connectivity index (χ1v) is 4.31. The van der Waals surface area contributed by atoms with E-state index in [9.17, 15) is 17.6 Å². The highest BCUT2D eigenvalue weighted by atomic mass is 79.9. The molecule has 1 rings (SSSR count). The van der Waals surface area contributed by atoms with Crippen LogP contribution >= 0.6 is 15.9 Å². The van der Waals surface area contributed by atoms with E-state index in [-0.39, 0.29) is 10.0 Å². The number of hydrogen-bond acceptors (Lipinski definition) is 1. The summed E-state index contributed by atoms with van der Waals surface area (Å²) in [5, 5.41) is 8.67. The van der Waals surface area contributed by atoms with Gasteiger partial charge in [0.2, 0.25) is 0 Å². The Bertz CT molecular complexity index is 348. The van der Waals surface area contributed by atoms with Crippen LogP contribution in [0, 0.1) is 5.82 Å². The van der Waals surface area contributed by atoms with Crippen LogP contribution in [-0.4, -0.2) is 5.11 Å². The van der Waals surface area contributed by atoms with Gasteiger partial charge in [-0.3, -0.25) is 0 Å². The highest BCUT2D eigenvalue weighted by Crippen LogP contribution is 2.37. The molecular formula is C8H5BrF4O. The maximum atomic E-state index is 12.7. The molecule has 0 atom stereocenters. The van der Waals surface area contributed by atoms with Gasteiger partial charge in [-0.25, -0.2) is 4.39 Å². The van der Waals surface area contributed by atoms with Crippen molar-refractivity contribution in [3.05, 3.63) is 33.5 Å². The molecule has 0 aliphatic heterocycles. The van der Waals surface area contributed by atoms with E-state index in [1.165, 1.54) is 0 Å². The molecule has 14 heavy (non-hydrogen) atoms. The molecule has 0 fully saturated rings. The van der Waals surface area contributed by atoms with Crippen molar-refractivity contribution in [1.82, 2.24) is 0 Å². The van der Waals surface area contributed by atoms with E-state index in [4.69, 9.17) is 5.11 Å². The summed E-state index contributed by atoms with van der Waals surface area (Å²) in [5.41, 5.74) is -1.25. The van der Waals surface area contributed by atoms with E-state index in [0.29, 0.717) is 6.07 Å². The molecule has 78 valence electrons. The molecule has 0 saturated heterocycles. The second kappa shape index (κ2) is 3.86. The van der Waals surface area contributed by atoms with Gasteiger partial charge in [-0.15, -0.1) is 0 Å². The average molecular weight is 273 g/mol. The van der Waals surface area contributed by atoms with Gasteiger partial charge in [0, 0.05) is 4.47 Å². The van der Waals surface area contributed by atoms with Crippen LogP contribution < -0.4 is 0 Å². The second-order valence-electron chi connectivity index (χ2n) is 2.58.